The summed E-state index contributed by atoms with van der Waals surface area (Å²) in [6.45, 7) is -0.146. The van der Waals surface area contributed by atoms with Crippen LogP contribution in [0.4, 0.5) is 4.79 Å². The lowest BCUT2D eigenvalue weighted by Gasteiger charge is -2.39. The van der Waals surface area contributed by atoms with Gasteiger partial charge in [0.1, 0.15) is 5.69 Å². The van der Waals surface area contributed by atoms with Crippen LogP contribution in [-0.2, 0) is 0 Å². The van der Waals surface area contributed by atoms with Crippen molar-refractivity contribution in [2.75, 3.05) is 26.2 Å². The molecule has 9 heteroatoms. The first kappa shape index (κ1) is 20.4. The van der Waals surface area contributed by atoms with Crippen molar-refractivity contribution in [1.82, 2.24) is 19.4 Å². The molecular weight excluding hydrogens is 400 g/mol. The van der Waals surface area contributed by atoms with Gasteiger partial charge in [0.25, 0.3) is 5.91 Å². The van der Waals surface area contributed by atoms with Gasteiger partial charge in [0.15, 0.2) is 0 Å². The number of H-pyrrole nitrogens is 1. The van der Waals surface area contributed by atoms with Crippen molar-refractivity contribution in [3.8, 4) is 16.9 Å². The fourth-order valence-corrected chi connectivity index (χ4v) is 3.88. The number of amides is 2. The van der Waals surface area contributed by atoms with E-state index in [4.69, 9.17) is 0 Å². The van der Waals surface area contributed by atoms with Crippen LogP contribution in [0.15, 0.2) is 65.5 Å². The van der Waals surface area contributed by atoms with Gasteiger partial charge in [-0.05, 0) is 12.1 Å². The van der Waals surface area contributed by atoms with Gasteiger partial charge in [-0.2, -0.15) is 0 Å². The van der Waals surface area contributed by atoms with Crippen molar-refractivity contribution in [1.29, 1.82) is 0 Å². The number of aromatic nitrogens is 2. The zero-order valence-corrected chi connectivity index (χ0v) is 16.6. The second-order valence-electron chi connectivity index (χ2n) is 7.25. The van der Waals surface area contributed by atoms with Crippen LogP contribution in [0.2, 0.25) is 0 Å². The predicted octanol–water partition coefficient (Wildman–Crippen LogP) is 1.63. The molecule has 2 heterocycles. The van der Waals surface area contributed by atoms with Gasteiger partial charge < -0.3 is 25.0 Å². The van der Waals surface area contributed by atoms with Crippen molar-refractivity contribution in [3.63, 3.8) is 0 Å². The van der Waals surface area contributed by atoms with Crippen LogP contribution in [0.3, 0.4) is 0 Å². The van der Waals surface area contributed by atoms with Gasteiger partial charge in [-0.25, -0.2) is 9.59 Å². The summed E-state index contributed by atoms with van der Waals surface area (Å²) in [5.41, 5.74) is 1.34. The Labute approximate surface area is 177 Å². The summed E-state index contributed by atoms with van der Waals surface area (Å²) in [6, 6.07) is 17.4. The molecule has 0 radical (unpaired) electrons. The zero-order chi connectivity index (χ0) is 22.0. The van der Waals surface area contributed by atoms with Gasteiger partial charge in [-0.3, -0.25) is 9.36 Å². The van der Waals surface area contributed by atoms with E-state index in [2.05, 4.69) is 4.98 Å². The lowest BCUT2D eigenvalue weighted by Crippen LogP contribution is -2.57. The van der Waals surface area contributed by atoms with Crippen molar-refractivity contribution in [2.45, 2.75) is 6.04 Å². The molecule has 0 bridgehead atoms. The van der Waals surface area contributed by atoms with E-state index in [1.54, 1.807) is 24.3 Å². The molecule has 1 aliphatic heterocycles. The molecule has 160 valence electrons. The van der Waals surface area contributed by atoms with Crippen LogP contribution in [0.1, 0.15) is 10.5 Å². The van der Waals surface area contributed by atoms with E-state index in [9.17, 15) is 24.6 Å². The number of para-hydroxylation sites is 1. The molecule has 1 aliphatic rings. The summed E-state index contributed by atoms with van der Waals surface area (Å²) in [5, 5.41) is 19.0. The maximum atomic E-state index is 13.5. The number of aliphatic hydroxyl groups excluding tert-OH is 1. The second-order valence-corrected chi connectivity index (χ2v) is 7.25. The van der Waals surface area contributed by atoms with Gasteiger partial charge in [-0.15, -0.1) is 0 Å². The van der Waals surface area contributed by atoms with Gasteiger partial charge in [-0.1, -0.05) is 48.5 Å². The average molecular weight is 422 g/mol. The number of imidazole rings is 1. The molecule has 1 atom stereocenters. The number of aromatic amines is 1. The minimum absolute atomic E-state index is 0.00185. The molecule has 0 saturated carbocycles. The molecule has 2 aromatic carbocycles. The van der Waals surface area contributed by atoms with Gasteiger partial charge in [0.2, 0.25) is 0 Å². The first-order valence-electron chi connectivity index (χ1n) is 9.86. The third kappa shape index (κ3) is 3.82. The Morgan fingerprint density at radius 1 is 1.00 bits per heavy atom. The van der Waals surface area contributed by atoms with E-state index in [0.717, 1.165) is 0 Å². The standard InChI is InChI=1S/C22H22N4O5/c27-14-17-13-24(22(30)31)11-12-25(17)20(28)18-19(15-7-3-1-4-8-15)26(21(29)23-18)16-9-5-2-6-10-16/h1-10,17,27H,11-14H2,(H,23,29)(H,30,31). The zero-order valence-electron chi connectivity index (χ0n) is 16.6. The summed E-state index contributed by atoms with van der Waals surface area (Å²) < 4.78 is 1.45. The van der Waals surface area contributed by atoms with E-state index >= 15 is 0 Å². The predicted molar refractivity (Wildman–Crippen MR) is 113 cm³/mol. The van der Waals surface area contributed by atoms with Crippen LogP contribution in [0.5, 0.6) is 0 Å². The van der Waals surface area contributed by atoms with Gasteiger partial charge in [0, 0.05) is 25.2 Å². The minimum Gasteiger partial charge on any atom is -0.465 e. The molecule has 3 N–H and O–H groups in total. The maximum Gasteiger partial charge on any atom is 0.407 e. The quantitative estimate of drug-likeness (QED) is 0.591. The summed E-state index contributed by atoms with van der Waals surface area (Å²) >= 11 is 0. The van der Waals surface area contributed by atoms with E-state index in [1.807, 2.05) is 36.4 Å². The molecule has 3 aromatic rings. The first-order valence-corrected chi connectivity index (χ1v) is 9.86. The fraction of sp³-hybridized carbons (Fsp3) is 0.227. The highest BCUT2D eigenvalue weighted by Gasteiger charge is 2.35. The van der Waals surface area contributed by atoms with E-state index in [0.29, 0.717) is 16.9 Å². The van der Waals surface area contributed by atoms with Crippen molar-refractivity contribution in [3.05, 3.63) is 76.8 Å². The van der Waals surface area contributed by atoms with Crippen LogP contribution < -0.4 is 5.69 Å². The highest BCUT2D eigenvalue weighted by Crippen LogP contribution is 2.26. The van der Waals surface area contributed by atoms with E-state index in [1.165, 1.54) is 14.4 Å². The number of carbonyl (C=O) groups excluding carboxylic acids is 1. The van der Waals surface area contributed by atoms with Crippen molar-refractivity contribution >= 4 is 12.0 Å². The van der Waals surface area contributed by atoms with Gasteiger partial charge in [0.05, 0.1) is 24.0 Å². The van der Waals surface area contributed by atoms with Crippen molar-refractivity contribution in [2.24, 2.45) is 0 Å². The highest BCUT2D eigenvalue weighted by molar-refractivity contribution is 5.99. The molecule has 2 amide bonds. The van der Waals surface area contributed by atoms with Crippen LogP contribution in [0.25, 0.3) is 16.9 Å². The second kappa shape index (κ2) is 8.49. The number of nitrogens with zero attached hydrogens (tertiary/aromatic N) is 3. The fourth-order valence-electron chi connectivity index (χ4n) is 3.88. The molecule has 31 heavy (non-hydrogen) atoms. The normalized spacial score (nSPS) is 16.4. The topological polar surface area (TPSA) is 119 Å². The molecule has 1 unspecified atom stereocenters. The van der Waals surface area contributed by atoms with Crippen LogP contribution in [0, 0.1) is 0 Å². The molecule has 0 spiro atoms. The molecule has 9 nitrogen and oxygen atoms in total. The molecular formula is C22H22N4O5. The summed E-state index contributed by atoms with van der Waals surface area (Å²) in [7, 11) is 0. The maximum absolute atomic E-state index is 13.5. The van der Waals surface area contributed by atoms with E-state index < -0.39 is 23.7 Å². The van der Waals surface area contributed by atoms with Crippen LogP contribution >= 0.6 is 0 Å². The number of nitrogens with one attached hydrogen (secondary N) is 1. The third-order valence-electron chi connectivity index (χ3n) is 5.40. The Morgan fingerprint density at radius 3 is 2.26 bits per heavy atom. The highest BCUT2D eigenvalue weighted by atomic mass is 16.4. The number of hydrogen-bond acceptors (Lipinski definition) is 4. The Morgan fingerprint density at radius 2 is 1.65 bits per heavy atom. The Kier molecular flexibility index (Phi) is 5.59. The molecule has 1 aromatic heterocycles. The molecule has 1 saturated heterocycles. The number of carboxylic acid groups (broad SMARTS) is 1. The number of aliphatic hydroxyl groups is 1. The number of hydrogen-bond donors (Lipinski definition) is 3. The number of benzene rings is 2. The Bertz CT molecular complexity index is 1140. The summed E-state index contributed by atoms with van der Waals surface area (Å²) in [5.74, 6) is -0.463. The molecule has 4 rings (SSSR count). The number of piperazine rings is 1. The van der Waals surface area contributed by atoms with Crippen molar-refractivity contribution < 1.29 is 19.8 Å². The smallest absolute Gasteiger partial charge is 0.407 e. The summed E-state index contributed by atoms with van der Waals surface area (Å²) in [6.07, 6.45) is -1.10. The largest absolute Gasteiger partial charge is 0.465 e. The van der Waals surface area contributed by atoms with E-state index in [-0.39, 0.29) is 31.9 Å². The lowest BCUT2D eigenvalue weighted by atomic mass is 10.1. The monoisotopic (exact) mass is 422 g/mol. The Balaban J connectivity index is 1.81. The van der Waals surface area contributed by atoms with Gasteiger partial charge >= 0.3 is 11.8 Å². The Hall–Kier alpha value is -3.85. The first-order chi connectivity index (χ1) is 15.0. The summed E-state index contributed by atoms with van der Waals surface area (Å²) in [4.78, 5) is 43.0. The molecule has 0 aliphatic carbocycles. The number of carbonyl (C=O) groups is 2. The minimum atomic E-state index is -1.10. The third-order valence-corrected chi connectivity index (χ3v) is 5.40. The lowest BCUT2D eigenvalue weighted by molar-refractivity contribution is 0.0307. The number of rotatable bonds is 4. The van der Waals surface area contributed by atoms with Crippen LogP contribution in [-0.4, -0.2) is 73.8 Å². The molecule has 1 fully saturated rings. The average Bonchev–Trinajstić information content (AvgIpc) is 3.16. The SMILES string of the molecule is O=C(O)N1CCN(C(=O)c2[nH]c(=O)n(-c3ccccc3)c2-c2ccccc2)C(CO)C1.